The number of carbonyl (C=O) groups is 5. The Kier molecular flexibility index (Phi) is 16.5. The molecular formula is C35H49N7O9. The van der Waals surface area contributed by atoms with Crippen molar-refractivity contribution in [3.8, 4) is 0 Å². The van der Waals surface area contributed by atoms with Gasteiger partial charge >= 0.3 is 11.9 Å². The van der Waals surface area contributed by atoms with Gasteiger partial charge in [0.2, 0.25) is 17.7 Å². The quantitative estimate of drug-likeness (QED) is 0.0530. The first kappa shape index (κ1) is 41.7. The van der Waals surface area contributed by atoms with E-state index in [0.29, 0.717) is 16.9 Å². The number of carboxylic acids is 2. The highest BCUT2D eigenvalue weighted by Gasteiger charge is 2.28. The summed E-state index contributed by atoms with van der Waals surface area (Å²) in [5.41, 5.74) is 1.42. The predicted octanol–water partition coefficient (Wildman–Crippen LogP) is 2.91. The zero-order chi connectivity index (χ0) is 38.1. The van der Waals surface area contributed by atoms with Gasteiger partial charge in [0.25, 0.3) is 6.20 Å². The number of hydrogen-bond acceptors (Lipinski definition) is 10. The molecule has 0 radical (unpaired) electrons. The molecule has 3 unspecified atom stereocenters. The summed E-state index contributed by atoms with van der Waals surface area (Å²) < 4.78 is 0. The minimum atomic E-state index is -1.38. The van der Waals surface area contributed by atoms with Crippen molar-refractivity contribution >= 4 is 41.0 Å². The summed E-state index contributed by atoms with van der Waals surface area (Å²) in [6.07, 6.45) is 1.05. The number of carboxylic acid groups (broad SMARTS) is 2. The fourth-order valence-electron chi connectivity index (χ4n) is 4.82. The Labute approximate surface area is 297 Å². The van der Waals surface area contributed by atoms with Gasteiger partial charge in [0.15, 0.2) is 5.82 Å². The van der Waals surface area contributed by atoms with E-state index in [9.17, 15) is 44.3 Å². The molecule has 0 fully saturated rings. The number of anilines is 2. The second-order valence-corrected chi connectivity index (χ2v) is 13.7. The molecule has 16 nitrogen and oxygen atoms in total. The fraction of sp³-hybridized carbons (Fsp3) is 0.457. The highest BCUT2D eigenvalue weighted by Crippen LogP contribution is 2.18. The Morgan fingerprint density at radius 2 is 1.37 bits per heavy atom. The SMILES string of the molecule is CC(C)CC(NC(=O)Cc1ccc(N/C(=C/[N+](=O)[O-])Nc2ccccc2)cc1)C(=O)NC(CNCCC(NC(=O)CC(C)(C)C)C(=O)O)C(=O)O. The van der Waals surface area contributed by atoms with Crippen molar-refractivity contribution in [2.75, 3.05) is 23.7 Å². The van der Waals surface area contributed by atoms with Gasteiger partial charge in [0, 0.05) is 24.3 Å². The number of hydrogen-bond donors (Lipinski definition) is 8. The van der Waals surface area contributed by atoms with Crippen LogP contribution in [-0.4, -0.2) is 76.0 Å². The molecule has 2 aromatic carbocycles. The Morgan fingerprint density at radius 1 is 0.804 bits per heavy atom. The normalized spacial score (nSPS) is 13.3. The molecule has 0 saturated heterocycles. The van der Waals surface area contributed by atoms with Gasteiger partial charge in [-0.05, 0) is 60.5 Å². The van der Waals surface area contributed by atoms with E-state index in [2.05, 4.69) is 31.9 Å². The van der Waals surface area contributed by atoms with E-state index >= 15 is 0 Å². The number of carbonyl (C=O) groups excluding carboxylic acids is 3. The van der Waals surface area contributed by atoms with Crippen molar-refractivity contribution in [1.29, 1.82) is 0 Å². The van der Waals surface area contributed by atoms with E-state index in [1.807, 2.05) is 40.7 Å². The maximum atomic E-state index is 13.2. The first-order chi connectivity index (χ1) is 23.9. The van der Waals surface area contributed by atoms with E-state index in [4.69, 9.17) is 0 Å². The van der Waals surface area contributed by atoms with Gasteiger partial charge in [-0.1, -0.05) is 65.0 Å². The van der Waals surface area contributed by atoms with Crippen molar-refractivity contribution in [2.24, 2.45) is 11.3 Å². The fourth-order valence-corrected chi connectivity index (χ4v) is 4.82. The molecule has 2 rings (SSSR count). The van der Waals surface area contributed by atoms with Crippen molar-refractivity contribution in [1.82, 2.24) is 21.3 Å². The average Bonchev–Trinajstić information content (AvgIpc) is 3.01. The number of aliphatic carboxylic acids is 2. The molecule has 51 heavy (non-hydrogen) atoms. The van der Waals surface area contributed by atoms with Crippen LogP contribution in [0.2, 0.25) is 0 Å². The molecule has 0 saturated carbocycles. The van der Waals surface area contributed by atoms with Gasteiger partial charge in [-0.3, -0.25) is 24.5 Å². The molecule has 3 amide bonds. The molecule has 2 aromatic rings. The van der Waals surface area contributed by atoms with Crippen LogP contribution in [0.3, 0.4) is 0 Å². The summed E-state index contributed by atoms with van der Waals surface area (Å²) in [5.74, 6) is -4.04. The Balaban J connectivity index is 1.97. The number of amides is 3. The highest BCUT2D eigenvalue weighted by atomic mass is 16.6. The first-order valence-electron chi connectivity index (χ1n) is 16.5. The summed E-state index contributed by atoms with van der Waals surface area (Å²) in [6, 6.07) is 11.9. The van der Waals surface area contributed by atoms with Crippen LogP contribution in [0, 0.1) is 21.4 Å². The van der Waals surface area contributed by atoms with Crippen LogP contribution < -0.4 is 31.9 Å². The zero-order valence-electron chi connectivity index (χ0n) is 29.5. The van der Waals surface area contributed by atoms with E-state index in [1.54, 1.807) is 48.5 Å². The predicted molar refractivity (Wildman–Crippen MR) is 191 cm³/mol. The van der Waals surface area contributed by atoms with Crippen molar-refractivity contribution in [3.05, 3.63) is 82.3 Å². The van der Waals surface area contributed by atoms with E-state index < -0.39 is 52.7 Å². The van der Waals surface area contributed by atoms with Crippen molar-refractivity contribution in [2.45, 2.75) is 78.4 Å². The molecule has 0 aliphatic rings. The Morgan fingerprint density at radius 3 is 1.90 bits per heavy atom. The number of nitrogens with zero attached hydrogens (tertiary/aromatic N) is 1. The van der Waals surface area contributed by atoms with E-state index in [1.165, 1.54) is 0 Å². The van der Waals surface area contributed by atoms with Crippen LogP contribution >= 0.6 is 0 Å². The minimum Gasteiger partial charge on any atom is -0.480 e. The molecule has 0 bridgehead atoms. The average molecular weight is 712 g/mol. The standard InChI is InChI=1S/C35H49N7O9/c1-22(2)17-27(32(45)41-28(34(48)49)20-36-16-15-26(33(46)47)39-31(44)19-35(3,4)5)40-30(43)18-23-11-13-25(14-12-23)38-29(21-42(50)51)37-24-9-7-6-8-10-24/h6-14,21-22,26-28,36-38H,15-20H2,1-5H3,(H,39,44)(H,40,43)(H,41,45)(H,46,47)(H,48,49)/b29-21+. The number of rotatable bonds is 21. The van der Waals surface area contributed by atoms with Gasteiger partial charge in [-0.2, -0.15) is 0 Å². The van der Waals surface area contributed by atoms with Crippen molar-refractivity contribution < 1.29 is 39.1 Å². The van der Waals surface area contributed by atoms with Crippen LogP contribution in [0.15, 0.2) is 66.6 Å². The molecule has 8 N–H and O–H groups in total. The summed E-state index contributed by atoms with van der Waals surface area (Å²) in [6.45, 7) is 9.07. The largest absolute Gasteiger partial charge is 0.480 e. The van der Waals surface area contributed by atoms with Gasteiger partial charge in [-0.15, -0.1) is 0 Å². The molecule has 278 valence electrons. The van der Waals surface area contributed by atoms with Crippen LogP contribution in [0.5, 0.6) is 0 Å². The molecule has 0 aliphatic carbocycles. The van der Waals surface area contributed by atoms with E-state index in [0.717, 1.165) is 6.20 Å². The van der Waals surface area contributed by atoms with Crippen LogP contribution in [0.25, 0.3) is 0 Å². The maximum absolute atomic E-state index is 13.2. The smallest absolute Gasteiger partial charge is 0.327 e. The van der Waals surface area contributed by atoms with Crippen LogP contribution in [0.1, 0.15) is 59.4 Å². The summed E-state index contributed by atoms with van der Waals surface area (Å²) in [5, 5.41) is 46.7. The molecule has 16 heteroatoms. The van der Waals surface area contributed by atoms with Crippen molar-refractivity contribution in [3.63, 3.8) is 0 Å². The van der Waals surface area contributed by atoms with E-state index in [-0.39, 0.29) is 55.9 Å². The number of para-hydroxylation sites is 1. The third-order valence-corrected chi connectivity index (χ3v) is 7.14. The number of nitro groups is 1. The Hall–Kier alpha value is -5.51. The summed E-state index contributed by atoms with van der Waals surface area (Å²) in [4.78, 5) is 72.5. The lowest BCUT2D eigenvalue weighted by atomic mass is 9.92. The molecule has 0 aromatic heterocycles. The number of nitrogens with one attached hydrogen (secondary N) is 6. The molecule has 0 heterocycles. The van der Waals surface area contributed by atoms with Gasteiger partial charge in [0.1, 0.15) is 18.1 Å². The highest BCUT2D eigenvalue weighted by molar-refractivity contribution is 5.91. The summed E-state index contributed by atoms with van der Waals surface area (Å²) in [7, 11) is 0. The third-order valence-electron chi connectivity index (χ3n) is 7.14. The number of benzene rings is 2. The minimum absolute atomic E-state index is 0.0180. The van der Waals surface area contributed by atoms with Gasteiger partial charge in [0.05, 0.1) is 11.3 Å². The van der Waals surface area contributed by atoms with Gasteiger partial charge in [-0.25, -0.2) is 9.59 Å². The van der Waals surface area contributed by atoms with Crippen LogP contribution in [0.4, 0.5) is 11.4 Å². The van der Waals surface area contributed by atoms with Gasteiger partial charge < -0.3 is 42.1 Å². The lowest BCUT2D eigenvalue weighted by Gasteiger charge is -2.23. The maximum Gasteiger partial charge on any atom is 0.327 e. The Bertz CT molecular complexity index is 1520. The first-order valence-corrected chi connectivity index (χ1v) is 16.5. The van der Waals surface area contributed by atoms with Crippen LogP contribution in [-0.2, 0) is 30.4 Å². The monoisotopic (exact) mass is 711 g/mol. The lowest BCUT2D eigenvalue weighted by Crippen LogP contribution is -2.55. The molecule has 3 atom stereocenters. The topological polar surface area (TPSA) is 241 Å². The second kappa shape index (κ2) is 20.2. The summed E-state index contributed by atoms with van der Waals surface area (Å²) >= 11 is 0. The zero-order valence-corrected chi connectivity index (χ0v) is 29.5. The lowest BCUT2D eigenvalue weighted by molar-refractivity contribution is -0.403. The molecule has 0 spiro atoms. The third kappa shape index (κ3) is 17.1. The second-order valence-electron chi connectivity index (χ2n) is 13.7. The molecule has 0 aliphatic heterocycles. The molecular weight excluding hydrogens is 662 g/mol.